The van der Waals surface area contributed by atoms with Crippen LogP contribution in [0.25, 0.3) is 0 Å². The summed E-state index contributed by atoms with van der Waals surface area (Å²) >= 11 is 0. The van der Waals surface area contributed by atoms with Crippen molar-refractivity contribution in [3.8, 4) is 0 Å². The van der Waals surface area contributed by atoms with Crippen molar-refractivity contribution in [1.29, 1.82) is 0 Å². The third kappa shape index (κ3) is 6.23. The van der Waals surface area contributed by atoms with Gasteiger partial charge in [0.25, 0.3) is 0 Å². The molecule has 4 heteroatoms. The van der Waals surface area contributed by atoms with Gasteiger partial charge in [0.1, 0.15) is 0 Å². The minimum atomic E-state index is 0.0147. The van der Waals surface area contributed by atoms with Crippen molar-refractivity contribution in [3.05, 3.63) is 0 Å². The van der Waals surface area contributed by atoms with Gasteiger partial charge in [0.15, 0.2) is 0 Å². The van der Waals surface area contributed by atoms with Crippen LogP contribution in [-0.2, 0) is 4.79 Å². The zero-order valence-electron chi connectivity index (χ0n) is 13.6. The van der Waals surface area contributed by atoms with Gasteiger partial charge in [-0.05, 0) is 58.2 Å². The monoisotopic (exact) mass is 283 g/mol. The zero-order valence-corrected chi connectivity index (χ0v) is 13.6. The van der Waals surface area contributed by atoms with Gasteiger partial charge in [0.05, 0.1) is 6.04 Å². The number of nitrogens with zero attached hydrogens (tertiary/aromatic N) is 1. The van der Waals surface area contributed by atoms with Gasteiger partial charge >= 0.3 is 0 Å². The van der Waals surface area contributed by atoms with Crippen molar-refractivity contribution in [2.24, 2.45) is 5.92 Å². The molecular weight excluding hydrogens is 250 g/mol. The molecule has 0 bridgehead atoms. The molecule has 2 N–H and O–H groups in total. The summed E-state index contributed by atoms with van der Waals surface area (Å²) in [6.45, 7) is 11.5. The molecule has 1 aliphatic heterocycles. The highest BCUT2D eigenvalue weighted by molar-refractivity contribution is 5.81. The van der Waals surface area contributed by atoms with E-state index in [-0.39, 0.29) is 11.9 Å². The van der Waals surface area contributed by atoms with Crippen molar-refractivity contribution in [2.75, 3.05) is 32.7 Å². The molecule has 2 atom stereocenters. The smallest absolute Gasteiger partial charge is 0.237 e. The van der Waals surface area contributed by atoms with E-state index in [1.165, 1.54) is 19.3 Å². The summed E-state index contributed by atoms with van der Waals surface area (Å²) in [5, 5.41) is 6.56. The van der Waals surface area contributed by atoms with Crippen LogP contribution in [0.15, 0.2) is 0 Å². The number of likely N-dealkylation sites (tertiary alicyclic amines) is 1. The predicted octanol–water partition coefficient (Wildman–Crippen LogP) is 2.00. The van der Waals surface area contributed by atoms with E-state index in [0.29, 0.717) is 5.92 Å². The minimum absolute atomic E-state index is 0.0147. The van der Waals surface area contributed by atoms with E-state index < -0.39 is 0 Å². The van der Waals surface area contributed by atoms with Crippen LogP contribution in [0.5, 0.6) is 0 Å². The first-order chi connectivity index (χ1) is 9.69. The molecule has 1 saturated heterocycles. The van der Waals surface area contributed by atoms with Crippen molar-refractivity contribution < 1.29 is 4.79 Å². The summed E-state index contributed by atoms with van der Waals surface area (Å²) in [6, 6.07) is 0.0147. The molecule has 0 aliphatic carbocycles. The second kappa shape index (κ2) is 10.2. The lowest BCUT2D eigenvalue weighted by molar-refractivity contribution is -0.126. The molecule has 0 saturated carbocycles. The predicted molar refractivity (Wildman–Crippen MR) is 84.8 cm³/mol. The highest BCUT2D eigenvalue weighted by Gasteiger charge is 2.26. The fraction of sp³-hybridized carbons (Fsp3) is 0.938. The summed E-state index contributed by atoms with van der Waals surface area (Å²) in [5.41, 5.74) is 0. The van der Waals surface area contributed by atoms with Crippen LogP contribution in [0, 0.1) is 5.92 Å². The normalized spacial score (nSPS) is 21.6. The Balaban J connectivity index is 2.31. The van der Waals surface area contributed by atoms with E-state index in [9.17, 15) is 4.79 Å². The number of piperidine rings is 1. The standard InChI is InChI=1S/C16H33N3O/c1-4-6-10-18-16(20)14(3)19-11-7-8-15(13-19)12-17-9-5-2/h14-15,17H,4-13H2,1-3H3,(H,18,20). The Bertz CT molecular complexity index is 270. The first-order valence-electron chi connectivity index (χ1n) is 8.41. The highest BCUT2D eigenvalue weighted by Crippen LogP contribution is 2.18. The number of unbranched alkanes of at least 4 members (excludes halogenated alkanes) is 1. The van der Waals surface area contributed by atoms with Crippen LogP contribution < -0.4 is 10.6 Å². The van der Waals surface area contributed by atoms with Gasteiger partial charge in [0.2, 0.25) is 5.91 Å². The SMILES string of the molecule is CCCCNC(=O)C(C)N1CCCC(CNCCC)C1. The maximum atomic E-state index is 12.1. The van der Waals surface area contributed by atoms with Crippen LogP contribution in [0.1, 0.15) is 52.9 Å². The molecule has 1 fully saturated rings. The second-order valence-corrected chi connectivity index (χ2v) is 6.03. The molecule has 0 aromatic heterocycles. The summed E-state index contributed by atoms with van der Waals surface area (Å²) in [5.74, 6) is 0.891. The maximum absolute atomic E-state index is 12.1. The van der Waals surface area contributed by atoms with Crippen LogP contribution in [0.3, 0.4) is 0 Å². The lowest BCUT2D eigenvalue weighted by Gasteiger charge is -2.36. The van der Waals surface area contributed by atoms with E-state index in [1.807, 2.05) is 6.92 Å². The number of hydrogen-bond acceptors (Lipinski definition) is 3. The molecule has 1 aliphatic rings. The lowest BCUT2D eigenvalue weighted by Crippen LogP contribution is -2.50. The molecule has 20 heavy (non-hydrogen) atoms. The molecule has 0 aromatic carbocycles. The average molecular weight is 283 g/mol. The van der Waals surface area contributed by atoms with E-state index in [2.05, 4.69) is 29.4 Å². The summed E-state index contributed by atoms with van der Waals surface area (Å²) < 4.78 is 0. The Hall–Kier alpha value is -0.610. The van der Waals surface area contributed by atoms with Crippen molar-refractivity contribution in [1.82, 2.24) is 15.5 Å². The fourth-order valence-corrected chi connectivity index (χ4v) is 2.80. The molecule has 1 rings (SSSR count). The topological polar surface area (TPSA) is 44.4 Å². The third-order valence-electron chi connectivity index (χ3n) is 4.17. The van der Waals surface area contributed by atoms with E-state index >= 15 is 0 Å². The highest BCUT2D eigenvalue weighted by atomic mass is 16.2. The Morgan fingerprint density at radius 2 is 2.10 bits per heavy atom. The zero-order chi connectivity index (χ0) is 14.8. The molecule has 0 radical (unpaired) electrons. The van der Waals surface area contributed by atoms with Gasteiger partial charge in [-0.1, -0.05) is 20.3 Å². The quantitative estimate of drug-likeness (QED) is 0.636. The molecule has 1 heterocycles. The molecular formula is C16H33N3O. The van der Waals surface area contributed by atoms with Crippen LogP contribution in [-0.4, -0.2) is 49.6 Å². The first kappa shape index (κ1) is 17.4. The molecule has 4 nitrogen and oxygen atoms in total. The van der Waals surface area contributed by atoms with E-state index in [1.54, 1.807) is 0 Å². The van der Waals surface area contributed by atoms with Crippen LogP contribution in [0.4, 0.5) is 0 Å². The average Bonchev–Trinajstić information content (AvgIpc) is 2.47. The Kier molecular flexibility index (Phi) is 8.86. The maximum Gasteiger partial charge on any atom is 0.237 e. The Morgan fingerprint density at radius 3 is 2.80 bits per heavy atom. The van der Waals surface area contributed by atoms with Gasteiger partial charge in [0, 0.05) is 13.1 Å². The number of amides is 1. The molecule has 0 aromatic rings. The number of rotatable bonds is 9. The van der Waals surface area contributed by atoms with Crippen molar-refractivity contribution in [2.45, 2.75) is 58.9 Å². The molecule has 0 spiro atoms. The molecule has 1 amide bonds. The van der Waals surface area contributed by atoms with Crippen LogP contribution >= 0.6 is 0 Å². The van der Waals surface area contributed by atoms with Gasteiger partial charge in [-0.3, -0.25) is 9.69 Å². The summed E-state index contributed by atoms with van der Waals surface area (Å²) in [6.07, 6.45) is 5.89. The number of carbonyl (C=O) groups is 1. The van der Waals surface area contributed by atoms with Gasteiger partial charge < -0.3 is 10.6 Å². The fourth-order valence-electron chi connectivity index (χ4n) is 2.80. The molecule has 2 unspecified atom stereocenters. The van der Waals surface area contributed by atoms with Crippen molar-refractivity contribution in [3.63, 3.8) is 0 Å². The molecule has 118 valence electrons. The number of nitrogens with one attached hydrogen (secondary N) is 2. The Labute approximate surface area is 124 Å². The van der Waals surface area contributed by atoms with E-state index in [0.717, 1.165) is 45.6 Å². The van der Waals surface area contributed by atoms with Crippen LogP contribution in [0.2, 0.25) is 0 Å². The second-order valence-electron chi connectivity index (χ2n) is 6.03. The van der Waals surface area contributed by atoms with Crippen molar-refractivity contribution >= 4 is 5.91 Å². The summed E-state index contributed by atoms with van der Waals surface area (Å²) in [4.78, 5) is 14.5. The third-order valence-corrected chi connectivity index (χ3v) is 4.17. The minimum Gasteiger partial charge on any atom is -0.355 e. The summed E-state index contributed by atoms with van der Waals surface area (Å²) in [7, 11) is 0. The van der Waals surface area contributed by atoms with Gasteiger partial charge in [-0.2, -0.15) is 0 Å². The number of carbonyl (C=O) groups excluding carboxylic acids is 1. The van der Waals surface area contributed by atoms with Gasteiger partial charge in [-0.15, -0.1) is 0 Å². The largest absolute Gasteiger partial charge is 0.355 e. The Morgan fingerprint density at radius 1 is 1.30 bits per heavy atom. The van der Waals surface area contributed by atoms with E-state index in [4.69, 9.17) is 0 Å². The number of hydrogen-bond donors (Lipinski definition) is 2. The lowest BCUT2D eigenvalue weighted by atomic mass is 9.96. The first-order valence-corrected chi connectivity index (χ1v) is 8.41. The van der Waals surface area contributed by atoms with Gasteiger partial charge in [-0.25, -0.2) is 0 Å².